The van der Waals surface area contributed by atoms with E-state index in [1.165, 1.54) is 12.1 Å². The zero-order chi connectivity index (χ0) is 16.0. The molecule has 0 spiro atoms. The van der Waals surface area contributed by atoms with Crippen LogP contribution in [0.15, 0.2) is 36.4 Å². The Bertz CT molecular complexity index is 863. The van der Waals surface area contributed by atoms with Crippen LogP contribution in [0.3, 0.4) is 0 Å². The van der Waals surface area contributed by atoms with Gasteiger partial charge in [0.25, 0.3) is 6.43 Å². The summed E-state index contributed by atoms with van der Waals surface area (Å²) in [5, 5.41) is 14.4. The van der Waals surface area contributed by atoms with E-state index in [2.05, 4.69) is 20.6 Å². The van der Waals surface area contributed by atoms with Crippen molar-refractivity contribution in [1.29, 1.82) is 0 Å². The van der Waals surface area contributed by atoms with Crippen LogP contribution < -0.4 is 5.32 Å². The van der Waals surface area contributed by atoms with Crippen molar-refractivity contribution in [3.05, 3.63) is 53.6 Å². The molecule has 8 heteroatoms. The Morgan fingerprint density at radius 2 is 2.04 bits per heavy atom. The number of alkyl halides is 2. The Kier molecular flexibility index (Phi) is 3.17. The highest BCUT2D eigenvalue weighted by molar-refractivity contribution is 5.47. The van der Waals surface area contributed by atoms with E-state index in [0.29, 0.717) is 5.82 Å². The van der Waals surface area contributed by atoms with Crippen LogP contribution in [0.4, 0.5) is 19.0 Å². The molecule has 0 radical (unpaired) electrons. The van der Waals surface area contributed by atoms with Crippen LogP contribution >= 0.6 is 0 Å². The van der Waals surface area contributed by atoms with E-state index < -0.39 is 12.2 Å². The van der Waals surface area contributed by atoms with Gasteiger partial charge in [0.1, 0.15) is 11.6 Å². The minimum Gasteiger partial charge on any atom is -0.365 e. The first-order valence-corrected chi connectivity index (χ1v) is 7.14. The molecule has 1 aromatic carbocycles. The SMILES string of the molecule is Fc1cccc([C@@H]2C[C@H]2Nc2ccc3nnc(C(F)F)n3n2)c1. The fraction of sp³-hybridized carbons (Fsp3) is 0.267. The summed E-state index contributed by atoms with van der Waals surface area (Å²) >= 11 is 0. The van der Waals surface area contributed by atoms with Crippen molar-refractivity contribution >= 4 is 11.5 Å². The number of fused-ring (bicyclic) bond motifs is 1. The average molecular weight is 319 g/mol. The van der Waals surface area contributed by atoms with Crippen molar-refractivity contribution in [2.45, 2.75) is 24.8 Å². The number of anilines is 1. The second-order valence-corrected chi connectivity index (χ2v) is 5.50. The Labute approximate surface area is 129 Å². The molecule has 1 saturated carbocycles. The normalized spacial score (nSPS) is 20.2. The minimum absolute atomic E-state index is 0.105. The van der Waals surface area contributed by atoms with Gasteiger partial charge in [-0.1, -0.05) is 12.1 Å². The van der Waals surface area contributed by atoms with E-state index in [4.69, 9.17) is 0 Å². The predicted molar refractivity (Wildman–Crippen MR) is 76.9 cm³/mol. The Hall–Kier alpha value is -2.64. The Balaban J connectivity index is 1.54. The smallest absolute Gasteiger partial charge is 0.299 e. The number of rotatable bonds is 4. The molecule has 1 aliphatic carbocycles. The summed E-state index contributed by atoms with van der Waals surface area (Å²) in [6.45, 7) is 0. The number of hydrogen-bond acceptors (Lipinski definition) is 4. The largest absolute Gasteiger partial charge is 0.365 e. The van der Waals surface area contributed by atoms with Crippen molar-refractivity contribution in [3.8, 4) is 0 Å². The van der Waals surface area contributed by atoms with Crippen LogP contribution in [0.2, 0.25) is 0 Å². The molecule has 3 aromatic rings. The molecule has 2 aromatic heterocycles. The number of hydrogen-bond donors (Lipinski definition) is 1. The quantitative estimate of drug-likeness (QED) is 0.802. The molecule has 4 rings (SSSR count). The number of aromatic nitrogens is 4. The van der Waals surface area contributed by atoms with Gasteiger partial charge >= 0.3 is 0 Å². The van der Waals surface area contributed by atoms with Crippen molar-refractivity contribution in [2.75, 3.05) is 5.32 Å². The minimum atomic E-state index is -2.74. The highest BCUT2D eigenvalue weighted by atomic mass is 19.3. The van der Waals surface area contributed by atoms with Crippen LogP contribution in [0.5, 0.6) is 0 Å². The standard InChI is InChI=1S/C15H12F3N5/c16-9-3-1-2-8(6-9)10-7-11(10)19-12-4-5-13-20-21-15(14(17)18)23(13)22-12/h1-6,10-11,14H,7H2,(H,19,22)/t10-,11+/m0/s1. The number of nitrogens with zero attached hydrogens (tertiary/aromatic N) is 4. The third-order valence-corrected chi connectivity index (χ3v) is 3.88. The predicted octanol–water partition coefficient (Wildman–Crippen LogP) is 3.17. The lowest BCUT2D eigenvalue weighted by Gasteiger charge is -2.06. The van der Waals surface area contributed by atoms with Crippen LogP contribution in [0.1, 0.15) is 30.2 Å². The molecule has 5 nitrogen and oxygen atoms in total. The van der Waals surface area contributed by atoms with Gasteiger partial charge in [0.05, 0.1) is 0 Å². The highest BCUT2D eigenvalue weighted by Crippen LogP contribution is 2.42. The summed E-state index contributed by atoms with van der Waals surface area (Å²) in [6.07, 6.45) is -1.90. The molecule has 2 heterocycles. The molecule has 118 valence electrons. The lowest BCUT2D eigenvalue weighted by molar-refractivity contribution is 0.137. The molecule has 1 N–H and O–H groups in total. The van der Waals surface area contributed by atoms with Crippen LogP contribution in [0.25, 0.3) is 5.65 Å². The summed E-state index contributed by atoms with van der Waals surface area (Å²) in [7, 11) is 0. The highest BCUT2D eigenvalue weighted by Gasteiger charge is 2.38. The fourth-order valence-electron chi connectivity index (χ4n) is 2.67. The van der Waals surface area contributed by atoms with Gasteiger partial charge in [0.15, 0.2) is 5.65 Å². The van der Waals surface area contributed by atoms with Crippen LogP contribution in [0, 0.1) is 5.82 Å². The molecule has 0 amide bonds. The molecule has 0 saturated heterocycles. The first-order chi connectivity index (χ1) is 11.1. The summed E-state index contributed by atoms with van der Waals surface area (Å²) < 4.78 is 40.0. The van der Waals surface area contributed by atoms with E-state index in [1.807, 2.05) is 6.07 Å². The van der Waals surface area contributed by atoms with E-state index in [0.717, 1.165) is 16.5 Å². The summed E-state index contributed by atoms with van der Waals surface area (Å²) in [6, 6.07) is 9.82. The summed E-state index contributed by atoms with van der Waals surface area (Å²) in [5.41, 5.74) is 1.18. The van der Waals surface area contributed by atoms with E-state index in [9.17, 15) is 13.2 Å². The molecule has 0 unspecified atom stereocenters. The lowest BCUT2D eigenvalue weighted by Crippen LogP contribution is -2.09. The van der Waals surface area contributed by atoms with Gasteiger partial charge in [0, 0.05) is 12.0 Å². The average Bonchev–Trinajstić information content (AvgIpc) is 3.15. The van der Waals surface area contributed by atoms with E-state index in [-0.39, 0.29) is 23.4 Å². The summed E-state index contributed by atoms with van der Waals surface area (Å²) in [4.78, 5) is 0. The molecular weight excluding hydrogens is 307 g/mol. The Morgan fingerprint density at radius 3 is 2.83 bits per heavy atom. The first-order valence-electron chi connectivity index (χ1n) is 7.14. The maximum atomic E-state index is 13.2. The summed E-state index contributed by atoms with van der Waals surface area (Å²) in [5.74, 6) is -0.0957. The maximum absolute atomic E-state index is 13.2. The molecule has 1 aliphatic rings. The van der Waals surface area contributed by atoms with Gasteiger partial charge in [-0.15, -0.1) is 15.3 Å². The van der Waals surface area contributed by atoms with Crippen LogP contribution in [-0.4, -0.2) is 25.9 Å². The molecular formula is C15H12F3N5. The number of halogens is 3. The first kappa shape index (κ1) is 14.0. The molecule has 0 bridgehead atoms. The van der Waals surface area contributed by atoms with Crippen molar-refractivity contribution in [2.24, 2.45) is 0 Å². The van der Waals surface area contributed by atoms with Gasteiger partial charge in [-0.2, -0.15) is 4.52 Å². The second-order valence-electron chi connectivity index (χ2n) is 5.50. The van der Waals surface area contributed by atoms with Crippen molar-refractivity contribution < 1.29 is 13.2 Å². The van der Waals surface area contributed by atoms with Gasteiger partial charge < -0.3 is 5.32 Å². The molecule has 1 fully saturated rings. The van der Waals surface area contributed by atoms with Gasteiger partial charge in [0.2, 0.25) is 5.82 Å². The Morgan fingerprint density at radius 1 is 1.17 bits per heavy atom. The topological polar surface area (TPSA) is 55.1 Å². The monoisotopic (exact) mass is 319 g/mol. The zero-order valence-electron chi connectivity index (χ0n) is 11.8. The number of nitrogens with one attached hydrogen (secondary N) is 1. The second kappa shape index (κ2) is 5.22. The van der Waals surface area contributed by atoms with Gasteiger partial charge in [-0.25, -0.2) is 13.2 Å². The number of benzene rings is 1. The fourth-order valence-corrected chi connectivity index (χ4v) is 2.67. The van der Waals surface area contributed by atoms with Crippen LogP contribution in [-0.2, 0) is 0 Å². The third-order valence-electron chi connectivity index (χ3n) is 3.88. The van der Waals surface area contributed by atoms with Gasteiger partial charge in [-0.3, -0.25) is 0 Å². The van der Waals surface area contributed by atoms with Crippen molar-refractivity contribution in [3.63, 3.8) is 0 Å². The third kappa shape index (κ3) is 2.60. The van der Waals surface area contributed by atoms with Gasteiger partial charge in [-0.05, 0) is 36.2 Å². The maximum Gasteiger partial charge on any atom is 0.299 e. The molecule has 23 heavy (non-hydrogen) atoms. The van der Waals surface area contributed by atoms with Crippen molar-refractivity contribution in [1.82, 2.24) is 19.8 Å². The lowest BCUT2D eigenvalue weighted by atomic mass is 10.1. The van der Waals surface area contributed by atoms with E-state index >= 15 is 0 Å². The molecule has 0 aliphatic heterocycles. The zero-order valence-corrected chi connectivity index (χ0v) is 11.8. The van der Waals surface area contributed by atoms with E-state index in [1.54, 1.807) is 18.2 Å². The molecule has 2 atom stereocenters.